The van der Waals surface area contributed by atoms with Crippen molar-refractivity contribution in [2.75, 3.05) is 6.54 Å². The van der Waals surface area contributed by atoms with Crippen LogP contribution >= 0.6 is 0 Å². The van der Waals surface area contributed by atoms with Crippen LogP contribution in [-0.2, 0) is 6.18 Å². The number of hydrogen-bond acceptors (Lipinski definition) is 2. The van der Waals surface area contributed by atoms with Crippen molar-refractivity contribution in [2.24, 2.45) is 5.73 Å². The maximum absolute atomic E-state index is 12.5. The van der Waals surface area contributed by atoms with Gasteiger partial charge in [-0.15, -0.1) is 0 Å². The Kier molecular flexibility index (Phi) is 5.35. The molecule has 1 unspecified atom stereocenters. The van der Waals surface area contributed by atoms with Crippen molar-refractivity contribution >= 4 is 5.91 Å². The Balaban J connectivity index is 2.63. The minimum Gasteiger partial charge on any atom is -0.352 e. The number of alkyl halides is 3. The van der Waals surface area contributed by atoms with Gasteiger partial charge >= 0.3 is 6.18 Å². The molecule has 0 radical (unpaired) electrons. The van der Waals surface area contributed by atoms with Crippen LogP contribution in [0.25, 0.3) is 0 Å². The molecule has 0 heterocycles. The zero-order chi connectivity index (χ0) is 14.5. The Hall–Kier alpha value is -1.56. The molecule has 0 aromatic heterocycles. The first-order chi connectivity index (χ1) is 8.84. The maximum atomic E-state index is 12.5. The van der Waals surface area contributed by atoms with Crippen LogP contribution in [0.2, 0.25) is 0 Å². The molecule has 19 heavy (non-hydrogen) atoms. The molecule has 1 rings (SSSR count). The van der Waals surface area contributed by atoms with Crippen LogP contribution in [-0.4, -0.2) is 18.5 Å². The van der Waals surface area contributed by atoms with Gasteiger partial charge in [-0.25, -0.2) is 0 Å². The van der Waals surface area contributed by atoms with E-state index >= 15 is 0 Å². The summed E-state index contributed by atoms with van der Waals surface area (Å²) in [6.45, 7) is 2.28. The van der Waals surface area contributed by atoms with Gasteiger partial charge in [0.2, 0.25) is 0 Å². The van der Waals surface area contributed by atoms with Gasteiger partial charge in [0.1, 0.15) is 0 Å². The highest BCUT2D eigenvalue weighted by Crippen LogP contribution is 2.29. The second kappa shape index (κ2) is 6.56. The second-order valence-corrected chi connectivity index (χ2v) is 4.29. The van der Waals surface area contributed by atoms with Crippen LogP contribution in [0, 0.1) is 0 Å². The molecule has 1 amide bonds. The summed E-state index contributed by atoms with van der Waals surface area (Å²) in [5.41, 5.74) is 4.85. The number of hydrogen-bond donors (Lipinski definition) is 2. The van der Waals surface area contributed by atoms with Gasteiger partial charge in [-0.3, -0.25) is 4.79 Å². The molecule has 3 nitrogen and oxygen atoms in total. The average molecular weight is 274 g/mol. The van der Waals surface area contributed by atoms with Crippen LogP contribution in [0.4, 0.5) is 13.2 Å². The van der Waals surface area contributed by atoms with E-state index in [0.29, 0.717) is 13.0 Å². The smallest absolute Gasteiger partial charge is 0.352 e. The molecule has 0 fully saturated rings. The molecular formula is C13H17F3N2O. The van der Waals surface area contributed by atoms with E-state index in [1.807, 2.05) is 6.92 Å². The first-order valence-electron chi connectivity index (χ1n) is 6.05. The van der Waals surface area contributed by atoms with E-state index in [9.17, 15) is 18.0 Å². The standard InChI is InChI=1S/C13H17F3N2O/c1-2-11(17)6-7-18-12(19)9-4-3-5-10(8-9)13(14,15)16/h3-5,8,11H,2,6-7,17H2,1H3,(H,18,19). The number of amides is 1. The van der Waals surface area contributed by atoms with Gasteiger partial charge in [0.05, 0.1) is 5.56 Å². The maximum Gasteiger partial charge on any atom is 0.416 e. The summed E-state index contributed by atoms with van der Waals surface area (Å²) in [5.74, 6) is -0.519. The number of benzene rings is 1. The van der Waals surface area contributed by atoms with E-state index in [0.717, 1.165) is 18.6 Å². The number of nitrogens with two attached hydrogens (primary N) is 1. The summed E-state index contributed by atoms with van der Waals surface area (Å²) in [7, 11) is 0. The van der Waals surface area contributed by atoms with Gasteiger partial charge in [0.25, 0.3) is 5.91 Å². The topological polar surface area (TPSA) is 55.1 Å². The lowest BCUT2D eigenvalue weighted by Gasteiger charge is -2.11. The number of carbonyl (C=O) groups is 1. The van der Waals surface area contributed by atoms with E-state index in [-0.39, 0.29) is 11.6 Å². The van der Waals surface area contributed by atoms with Gasteiger partial charge in [-0.2, -0.15) is 13.2 Å². The van der Waals surface area contributed by atoms with Gasteiger partial charge in [-0.1, -0.05) is 13.0 Å². The normalized spacial score (nSPS) is 13.1. The molecule has 0 aliphatic heterocycles. The minimum atomic E-state index is -4.44. The first-order valence-corrected chi connectivity index (χ1v) is 6.05. The Morgan fingerprint density at radius 3 is 2.68 bits per heavy atom. The molecule has 0 saturated heterocycles. The zero-order valence-electron chi connectivity index (χ0n) is 10.6. The molecule has 3 N–H and O–H groups in total. The van der Waals surface area contributed by atoms with Crippen molar-refractivity contribution in [1.82, 2.24) is 5.32 Å². The Morgan fingerprint density at radius 1 is 1.42 bits per heavy atom. The summed E-state index contributed by atoms with van der Waals surface area (Å²) < 4.78 is 37.5. The zero-order valence-corrected chi connectivity index (χ0v) is 10.6. The number of halogens is 3. The highest BCUT2D eigenvalue weighted by molar-refractivity contribution is 5.94. The first kappa shape index (κ1) is 15.5. The molecule has 6 heteroatoms. The monoisotopic (exact) mass is 274 g/mol. The van der Waals surface area contributed by atoms with E-state index in [1.165, 1.54) is 12.1 Å². The average Bonchev–Trinajstić information content (AvgIpc) is 2.37. The fourth-order valence-electron chi connectivity index (χ4n) is 1.51. The Morgan fingerprint density at radius 2 is 2.11 bits per heavy atom. The molecule has 0 aliphatic rings. The highest BCUT2D eigenvalue weighted by Gasteiger charge is 2.30. The van der Waals surface area contributed by atoms with Gasteiger partial charge in [-0.05, 0) is 31.0 Å². The van der Waals surface area contributed by atoms with Crippen LogP contribution in [0.1, 0.15) is 35.7 Å². The molecule has 1 aromatic carbocycles. The molecular weight excluding hydrogens is 257 g/mol. The van der Waals surface area contributed by atoms with Crippen molar-refractivity contribution in [3.8, 4) is 0 Å². The summed E-state index contributed by atoms with van der Waals surface area (Å²) >= 11 is 0. The third-order valence-corrected chi connectivity index (χ3v) is 2.78. The van der Waals surface area contributed by atoms with Crippen LogP contribution in [0.15, 0.2) is 24.3 Å². The molecule has 106 valence electrons. The Labute approximate surface area is 110 Å². The van der Waals surface area contributed by atoms with Crippen molar-refractivity contribution in [2.45, 2.75) is 32.0 Å². The van der Waals surface area contributed by atoms with Crippen LogP contribution in [0.5, 0.6) is 0 Å². The van der Waals surface area contributed by atoms with Crippen molar-refractivity contribution in [3.05, 3.63) is 35.4 Å². The lowest BCUT2D eigenvalue weighted by molar-refractivity contribution is -0.137. The molecule has 1 aromatic rings. The van der Waals surface area contributed by atoms with Crippen molar-refractivity contribution < 1.29 is 18.0 Å². The molecule has 0 aliphatic carbocycles. The third-order valence-electron chi connectivity index (χ3n) is 2.78. The molecule has 0 bridgehead atoms. The molecule has 0 spiro atoms. The fraction of sp³-hybridized carbons (Fsp3) is 0.462. The lowest BCUT2D eigenvalue weighted by atomic mass is 10.1. The largest absolute Gasteiger partial charge is 0.416 e. The predicted molar refractivity (Wildman–Crippen MR) is 66.7 cm³/mol. The Bertz CT molecular complexity index is 432. The summed E-state index contributed by atoms with van der Waals surface area (Å²) in [5, 5.41) is 2.56. The second-order valence-electron chi connectivity index (χ2n) is 4.29. The van der Waals surface area contributed by atoms with E-state index in [2.05, 4.69) is 5.32 Å². The van der Waals surface area contributed by atoms with Gasteiger partial charge in [0.15, 0.2) is 0 Å². The van der Waals surface area contributed by atoms with Crippen molar-refractivity contribution in [3.63, 3.8) is 0 Å². The minimum absolute atomic E-state index is 0.0000973. The number of nitrogens with one attached hydrogen (secondary N) is 1. The predicted octanol–water partition coefficient (Wildman–Crippen LogP) is 2.56. The van der Waals surface area contributed by atoms with Gasteiger partial charge < -0.3 is 11.1 Å². The van der Waals surface area contributed by atoms with E-state index < -0.39 is 17.6 Å². The quantitative estimate of drug-likeness (QED) is 0.867. The summed E-state index contributed by atoms with van der Waals surface area (Å²) in [4.78, 5) is 11.7. The number of carbonyl (C=O) groups excluding carboxylic acids is 1. The lowest BCUT2D eigenvalue weighted by Crippen LogP contribution is -2.30. The van der Waals surface area contributed by atoms with Crippen LogP contribution < -0.4 is 11.1 Å². The van der Waals surface area contributed by atoms with Gasteiger partial charge in [0, 0.05) is 18.2 Å². The number of rotatable bonds is 5. The molecule has 0 saturated carbocycles. The molecule has 1 atom stereocenters. The van der Waals surface area contributed by atoms with E-state index in [4.69, 9.17) is 5.73 Å². The summed E-state index contributed by atoms with van der Waals surface area (Å²) in [6, 6.07) is 4.33. The van der Waals surface area contributed by atoms with E-state index in [1.54, 1.807) is 0 Å². The SMILES string of the molecule is CCC(N)CCNC(=O)c1cccc(C(F)(F)F)c1. The van der Waals surface area contributed by atoms with Crippen LogP contribution in [0.3, 0.4) is 0 Å². The fourth-order valence-corrected chi connectivity index (χ4v) is 1.51. The summed E-state index contributed by atoms with van der Waals surface area (Å²) in [6.07, 6.45) is -3.05. The highest BCUT2D eigenvalue weighted by atomic mass is 19.4. The third kappa shape index (κ3) is 4.90. The van der Waals surface area contributed by atoms with Crippen molar-refractivity contribution in [1.29, 1.82) is 0 Å².